The molecule has 0 radical (unpaired) electrons. The van der Waals surface area contributed by atoms with Gasteiger partial charge >= 0.3 is 5.97 Å². The normalized spacial score (nSPS) is 19.2. The van der Waals surface area contributed by atoms with Gasteiger partial charge in [0.05, 0.1) is 30.0 Å². The van der Waals surface area contributed by atoms with Gasteiger partial charge in [0.25, 0.3) is 0 Å². The summed E-state index contributed by atoms with van der Waals surface area (Å²) in [6, 6.07) is 3.73. The highest BCUT2D eigenvalue weighted by Gasteiger charge is 2.23. The second-order valence-corrected chi connectivity index (χ2v) is 6.60. The van der Waals surface area contributed by atoms with Crippen molar-refractivity contribution in [3.63, 3.8) is 0 Å². The molecular weight excluding hydrogens is 332 g/mol. The predicted molar refractivity (Wildman–Crippen MR) is 90.4 cm³/mol. The first-order chi connectivity index (χ1) is 11.5. The number of hydrogen-bond acceptors (Lipinski definition) is 5. The van der Waals surface area contributed by atoms with Crippen molar-refractivity contribution < 1.29 is 14.6 Å². The Bertz CT molecular complexity index is 720. The molecule has 1 N–H and O–H groups in total. The van der Waals surface area contributed by atoms with Gasteiger partial charge in [-0.15, -0.1) is 0 Å². The summed E-state index contributed by atoms with van der Waals surface area (Å²) in [5.41, 5.74) is 1.86. The fourth-order valence-corrected chi connectivity index (χ4v) is 3.17. The second kappa shape index (κ2) is 7.48. The molecule has 0 amide bonds. The van der Waals surface area contributed by atoms with Gasteiger partial charge in [-0.05, 0) is 19.2 Å². The number of imidazole rings is 1. The van der Waals surface area contributed by atoms with E-state index in [1.807, 2.05) is 28.9 Å². The van der Waals surface area contributed by atoms with Crippen LogP contribution in [0.25, 0.3) is 5.65 Å². The molecule has 130 valence electrons. The molecule has 2 aromatic heterocycles. The smallest absolute Gasteiger partial charge is 0.317 e. The number of halogens is 1. The Morgan fingerprint density at radius 3 is 3.12 bits per heavy atom. The van der Waals surface area contributed by atoms with E-state index in [9.17, 15) is 4.79 Å². The molecule has 1 aliphatic heterocycles. The molecule has 0 bridgehead atoms. The average molecular weight is 353 g/mol. The second-order valence-electron chi connectivity index (χ2n) is 6.16. The molecule has 7 nitrogen and oxygen atoms in total. The number of likely N-dealkylation sites (N-methyl/N-ethyl adjacent to an activating group) is 1. The SMILES string of the molecule is CN(CC(=O)O)CC1CN(Cc2cn3cc(Cl)ccc3n2)CCO1. The summed E-state index contributed by atoms with van der Waals surface area (Å²) < 4.78 is 7.68. The van der Waals surface area contributed by atoms with Crippen molar-refractivity contribution in [3.8, 4) is 0 Å². The molecule has 8 heteroatoms. The lowest BCUT2D eigenvalue weighted by atomic mass is 10.2. The number of rotatable bonds is 6. The quantitative estimate of drug-likeness (QED) is 0.842. The Balaban J connectivity index is 1.59. The van der Waals surface area contributed by atoms with Crippen LogP contribution in [0.15, 0.2) is 24.5 Å². The molecule has 1 aliphatic rings. The zero-order chi connectivity index (χ0) is 17.1. The Labute approximate surface area is 145 Å². The van der Waals surface area contributed by atoms with E-state index < -0.39 is 5.97 Å². The van der Waals surface area contributed by atoms with Crippen molar-refractivity contribution in [1.29, 1.82) is 0 Å². The van der Waals surface area contributed by atoms with Gasteiger partial charge in [0.1, 0.15) is 5.65 Å². The minimum atomic E-state index is -0.825. The lowest BCUT2D eigenvalue weighted by Gasteiger charge is -2.34. The third-order valence-corrected chi connectivity index (χ3v) is 4.22. The van der Waals surface area contributed by atoms with Crippen LogP contribution in [0.4, 0.5) is 0 Å². The number of ether oxygens (including phenoxy) is 1. The summed E-state index contributed by atoms with van der Waals surface area (Å²) in [7, 11) is 1.79. The summed E-state index contributed by atoms with van der Waals surface area (Å²) in [5, 5.41) is 9.52. The van der Waals surface area contributed by atoms with E-state index >= 15 is 0 Å². The molecule has 2 aromatic rings. The first-order valence-corrected chi connectivity index (χ1v) is 8.25. The minimum absolute atomic E-state index is 0.00887. The Hall–Kier alpha value is -1.67. The first-order valence-electron chi connectivity index (χ1n) is 7.87. The highest BCUT2D eigenvalue weighted by atomic mass is 35.5. The molecule has 3 rings (SSSR count). The number of aliphatic carboxylic acids is 1. The minimum Gasteiger partial charge on any atom is -0.480 e. The van der Waals surface area contributed by atoms with E-state index in [1.54, 1.807) is 11.9 Å². The molecule has 1 atom stereocenters. The maximum atomic E-state index is 10.8. The zero-order valence-electron chi connectivity index (χ0n) is 13.6. The number of fused-ring (bicyclic) bond motifs is 1. The van der Waals surface area contributed by atoms with Crippen LogP contribution >= 0.6 is 11.6 Å². The molecule has 0 aromatic carbocycles. The van der Waals surface area contributed by atoms with Crippen molar-refractivity contribution in [1.82, 2.24) is 19.2 Å². The lowest BCUT2D eigenvalue weighted by molar-refractivity contribution is -0.138. The fourth-order valence-electron chi connectivity index (χ4n) is 3.00. The number of carbonyl (C=O) groups is 1. The van der Waals surface area contributed by atoms with Crippen molar-refractivity contribution >= 4 is 23.2 Å². The van der Waals surface area contributed by atoms with Crippen LogP contribution in [0.3, 0.4) is 0 Å². The summed E-state index contributed by atoms with van der Waals surface area (Å²) >= 11 is 6.00. The number of hydrogen-bond donors (Lipinski definition) is 1. The molecule has 1 fully saturated rings. The largest absolute Gasteiger partial charge is 0.480 e. The molecule has 1 saturated heterocycles. The Kier molecular flexibility index (Phi) is 5.35. The Morgan fingerprint density at radius 1 is 1.50 bits per heavy atom. The first kappa shape index (κ1) is 17.2. The summed E-state index contributed by atoms with van der Waals surface area (Å²) in [5.74, 6) is -0.825. The lowest BCUT2D eigenvalue weighted by Crippen LogP contribution is -2.47. The maximum Gasteiger partial charge on any atom is 0.317 e. The molecule has 0 spiro atoms. The van der Waals surface area contributed by atoms with Gasteiger partial charge in [0.15, 0.2) is 0 Å². The van der Waals surface area contributed by atoms with E-state index in [4.69, 9.17) is 21.4 Å². The van der Waals surface area contributed by atoms with E-state index in [0.717, 1.165) is 31.0 Å². The van der Waals surface area contributed by atoms with Crippen molar-refractivity contribution in [2.45, 2.75) is 12.6 Å². The van der Waals surface area contributed by atoms with Crippen LogP contribution in [-0.4, -0.2) is 76.2 Å². The van der Waals surface area contributed by atoms with Crippen molar-refractivity contribution in [3.05, 3.63) is 35.2 Å². The maximum absolute atomic E-state index is 10.8. The molecular formula is C16H21ClN4O3. The molecule has 0 saturated carbocycles. The van der Waals surface area contributed by atoms with Crippen LogP contribution in [0.5, 0.6) is 0 Å². The number of aromatic nitrogens is 2. The van der Waals surface area contributed by atoms with E-state index in [0.29, 0.717) is 18.2 Å². The van der Waals surface area contributed by atoms with Crippen molar-refractivity contribution in [2.75, 3.05) is 39.8 Å². The Morgan fingerprint density at radius 2 is 2.33 bits per heavy atom. The topological polar surface area (TPSA) is 70.3 Å². The zero-order valence-corrected chi connectivity index (χ0v) is 14.3. The van der Waals surface area contributed by atoms with Crippen molar-refractivity contribution in [2.24, 2.45) is 0 Å². The van der Waals surface area contributed by atoms with Gasteiger partial charge in [0.2, 0.25) is 0 Å². The van der Waals surface area contributed by atoms with Crippen LogP contribution in [0.1, 0.15) is 5.69 Å². The van der Waals surface area contributed by atoms with Gasteiger partial charge in [-0.2, -0.15) is 0 Å². The number of carboxylic acids is 1. The molecule has 3 heterocycles. The number of morpholine rings is 1. The fraction of sp³-hybridized carbons (Fsp3) is 0.500. The van der Waals surface area contributed by atoms with E-state index in [2.05, 4.69) is 9.88 Å². The molecule has 1 unspecified atom stereocenters. The monoisotopic (exact) mass is 352 g/mol. The average Bonchev–Trinajstić information content (AvgIpc) is 2.87. The molecule has 0 aliphatic carbocycles. The predicted octanol–water partition coefficient (Wildman–Crippen LogP) is 1.20. The van der Waals surface area contributed by atoms with Gasteiger partial charge in [0, 0.05) is 38.6 Å². The third-order valence-electron chi connectivity index (χ3n) is 3.99. The van der Waals surface area contributed by atoms with Gasteiger partial charge < -0.3 is 14.2 Å². The highest BCUT2D eigenvalue weighted by Crippen LogP contribution is 2.14. The van der Waals surface area contributed by atoms with Crippen LogP contribution in [-0.2, 0) is 16.1 Å². The third kappa shape index (κ3) is 4.45. The van der Waals surface area contributed by atoms with Gasteiger partial charge in [-0.3, -0.25) is 14.6 Å². The van der Waals surface area contributed by atoms with Crippen LogP contribution < -0.4 is 0 Å². The number of pyridine rings is 1. The number of nitrogens with zero attached hydrogens (tertiary/aromatic N) is 4. The summed E-state index contributed by atoms with van der Waals surface area (Å²) in [6.07, 6.45) is 3.84. The van der Waals surface area contributed by atoms with E-state index in [1.165, 1.54) is 0 Å². The summed E-state index contributed by atoms with van der Waals surface area (Å²) in [6.45, 7) is 3.61. The van der Waals surface area contributed by atoms with Gasteiger partial charge in [-0.1, -0.05) is 11.6 Å². The van der Waals surface area contributed by atoms with Gasteiger partial charge in [-0.25, -0.2) is 4.98 Å². The van der Waals surface area contributed by atoms with Crippen LogP contribution in [0, 0.1) is 0 Å². The van der Waals surface area contributed by atoms with E-state index in [-0.39, 0.29) is 12.6 Å². The van der Waals surface area contributed by atoms with Crippen LogP contribution in [0.2, 0.25) is 5.02 Å². The molecule has 24 heavy (non-hydrogen) atoms. The highest BCUT2D eigenvalue weighted by molar-refractivity contribution is 6.30. The summed E-state index contributed by atoms with van der Waals surface area (Å²) in [4.78, 5) is 19.4. The standard InChI is InChI=1S/C16H21ClN4O3/c1-19(11-16(22)23)9-14-10-20(4-5-24-14)7-13-8-21-6-12(17)2-3-15(21)18-13/h2-3,6,8,14H,4-5,7,9-11H2,1H3,(H,22,23). The number of carboxylic acid groups (broad SMARTS) is 1.